The van der Waals surface area contributed by atoms with Crippen molar-refractivity contribution in [2.75, 3.05) is 33.2 Å². The molecule has 2 aromatic rings. The first-order chi connectivity index (χ1) is 24.8. The van der Waals surface area contributed by atoms with E-state index in [0.29, 0.717) is 32.5 Å². The standard InChI is InChI=1S/C40H57N5O7/c1-29(43(5)39(50)52-40(2,3)4)36(47)42-35(32-20-13-8-14-21-32)37(48)45-24-15-22-33(45)27-44(25-23-30-16-9-6-10-17-30)34(46)26-41-38(49)51-28-31-18-11-7-12-19-31/h6-7,9-12,16-19,29,32-33,35H,8,13-15,20-28H2,1-5H3,(H,41,49)(H,42,47)/t29-,33-,35-/m0/s1. The van der Waals surface area contributed by atoms with E-state index in [4.69, 9.17) is 9.47 Å². The number of carbonyl (C=O) groups is 5. The zero-order chi connectivity index (χ0) is 37.7. The molecule has 0 unspecified atom stereocenters. The van der Waals surface area contributed by atoms with Gasteiger partial charge >= 0.3 is 12.2 Å². The van der Waals surface area contributed by atoms with E-state index in [-0.39, 0.29) is 36.9 Å². The molecule has 0 aromatic heterocycles. The van der Waals surface area contributed by atoms with Gasteiger partial charge < -0.3 is 29.9 Å². The Bertz CT molecular complexity index is 1480. The summed E-state index contributed by atoms with van der Waals surface area (Å²) in [6, 6.07) is 17.3. The highest BCUT2D eigenvalue weighted by Crippen LogP contribution is 2.30. The van der Waals surface area contributed by atoms with Crippen molar-refractivity contribution in [2.45, 2.75) is 109 Å². The third kappa shape index (κ3) is 12.3. The van der Waals surface area contributed by atoms with Crippen molar-refractivity contribution in [1.29, 1.82) is 0 Å². The van der Waals surface area contributed by atoms with Crippen LogP contribution in [0.25, 0.3) is 0 Å². The first-order valence-electron chi connectivity index (χ1n) is 18.7. The van der Waals surface area contributed by atoms with Crippen LogP contribution < -0.4 is 10.6 Å². The number of likely N-dealkylation sites (N-methyl/N-ethyl adjacent to an activating group) is 1. The van der Waals surface area contributed by atoms with Crippen LogP contribution in [-0.4, -0.2) is 102 Å². The molecule has 4 rings (SSSR count). The Balaban J connectivity index is 1.45. The van der Waals surface area contributed by atoms with Crippen molar-refractivity contribution in [3.8, 4) is 0 Å². The molecule has 0 radical (unpaired) electrons. The van der Waals surface area contributed by atoms with Gasteiger partial charge in [0, 0.05) is 32.7 Å². The molecule has 1 aliphatic heterocycles. The molecule has 12 nitrogen and oxygen atoms in total. The van der Waals surface area contributed by atoms with Crippen LogP contribution in [0.15, 0.2) is 60.7 Å². The number of hydrogen-bond acceptors (Lipinski definition) is 7. The molecule has 1 heterocycles. The fourth-order valence-corrected chi connectivity index (χ4v) is 6.80. The SMILES string of the molecule is C[C@@H](C(=O)N[C@H](C(=O)N1CCC[C@H]1CN(CCc1ccccc1)C(=O)CNC(=O)OCc1ccccc1)C1CCCCC1)N(C)C(=O)OC(C)(C)C. The minimum absolute atomic E-state index is 0.0348. The third-order valence-corrected chi connectivity index (χ3v) is 9.88. The zero-order valence-corrected chi connectivity index (χ0v) is 31.5. The number of likely N-dealkylation sites (tertiary alicyclic amines) is 1. The monoisotopic (exact) mass is 719 g/mol. The van der Waals surface area contributed by atoms with Crippen LogP contribution in [-0.2, 0) is 36.9 Å². The largest absolute Gasteiger partial charge is 0.445 e. The lowest BCUT2D eigenvalue weighted by molar-refractivity contribution is -0.141. The van der Waals surface area contributed by atoms with Gasteiger partial charge in [0.2, 0.25) is 17.7 Å². The maximum Gasteiger partial charge on any atom is 0.410 e. The smallest absolute Gasteiger partial charge is 0.410 e. The van der Waals surface area contributed by atoms with E-state index < -0.39 is 35.8 Å². The topological polar surface area (TPSA) is 138 Å². The van der Waals surface area contributed by atoms with Crippen molar-refractivity contribution in [3.63, 3.8) is 0 Å². The van der Waals surface area contributed by atoms with Gasteiger partial charge in [0.05, 0.1) is 0 Å². The third-order valence-electron chi connectivity index (χ3n) is 9.88. The van der Waals surface area contributed by atoms with Gasteiger partial charge in [-0.2, -0.15) is 0 Å². The second-order valence-corrected chi connectivity index (χ2v) is 15.0. The molecule has 1 aliphatic carbocycles. The van der Waals surface area contributed by atoms with Gasteiger partial charge in [0.1, 0.15) is 30.8 Å². The fourth-order valence-electron chi connectivity index (χ4n) is 6.80. The first kappa shape index (κ1) is 40.2. The molecule has 52 heavy (non-hydrogen) atoms. The van der Waals surface area contributed by atoms with E-state index in [1.807, 2.05) is 65.6 Å². The average Bonchev–Trinajstić information content (AvgIpc) is 3.61. The number of alkyl carbamates (subject to hydrolysis) is 1. The Labute approximate surface area is 308 Å². The molecule has 2 N–H and O–H groups in total. The van der Waals surface area contributed by atoms with Crippen LogP contribution in [0.3, 0.4) is 0 Å². The maximum absolute atomic E-state index is 14.5. The number of carbonyl (C=O) groups excluding carboxylic acids is 5. The van der Waals surface area contributed by atoms with E-state index in [1.54, 1.807) is 32.6 Å². The summed E-state index contributed by atoms with van der Waals surface area (Å²) in [5.41, 5.74) is 1.19. The van der Waals surface area contributed by atoms with Crippen LogP contribution in [0, 0.1) is 5.92 Å². The number of nitrogens with one attached hydrogen (secondary N) is 2. The Morgan fingerprint density at radius 2 is 1.52 bits per heavy atom. The predicted molar refractivity (Wildman–Crippen MR) is 198 cm³/mol. The molecular formula is C40H57N5O7. The predicted octanol–water partition coefficient (Wildman–Crippen LogP) is 5.30. The van der Waals surface area contributed by atoms with Gasteiger partial charge in [-0.3, -0.25) is 19.3 Å². The lowest BCUT2D eigenvalue weighted by Gasteiger charge is -2.37. The minimum atomic E-state index is -0.860. The average molecular weight is 720 g/mol. The molecule has 12 heteroatoms. The Hall–Kier alpha value is -4.61. The first-order valence-corrected chi connectivity index (χ1v) is 18.7. The molecule has 2 fully saturated rings. The molecule has 1 saturated heterocycles. The van der Waals surface area contributed by atoms with Crippen LogP contribution >= 0.6 is 0 Å². The van der Waals surface area contributed by atoms with Crippen molar-refractivity contribution in [2.24, 2.45) is 5.92 Å². The molecule has 1 saturated carbocycles. The maximum atomic E-state index is 14.5. The number of hydrogen-bond donors (Lipinski definition) is 2. The molecule has 284 valence electrons. The summed E-state index contributed by atoms with van der Waals surface area (Å²) in [4.78, 5) is 71.8. The van der Waals surface area contributed by atoms with E-state index in [9.17, 15) is 24.0 Å². The lowest BCUT2D eigenvalue weighted by atomic mass is 9.83. The minimum Gasteiger partial charge on any atom is -0.445 e. The van der Waals surface area contributed by atoms with Gasteiger partial charge in [0.25, 0.3) is 0 Å². The second-order valence-electron chi connectivity index (χ2n) is 15.0. The molecule has 0 spiro atoms. The highest BCUT2D eigenvalue weighted by atomic mass is 16.6. The van der Waals surface area contributed by atoms with Crippen LogP contribution in [0.1, 0.15) is 83.8 Å². The van der Waals surface area contributed by atoms with E-state index >= 15 is 0 Å². The Morgan fingerprint density at radius 1 is 0.885 bits per heavy atom. The normalized spacial score (nSPS) is 17.4. The molecule has 5 amide bonds. The Morgan fingerprint density at radius 3 is 2.15 bits per heavy atom. The molecule has 3 atom stereocenters. The lowest BCUT2D eigenvalue weighted by Crippen LogP contribution is -2.58. The van der Waals surface area contributed by atoms with Crippen LogP contribution in [0.2, 0.25) is 0 Å². The molecule has 2 aromatic carbocycles. The summed E-state index contributed by atoms with van der Waals surface area (Å²) in [5.74, 6) is -0.888. The van der Waals surface area contributed by atoms with Crippen LogP contribution in [0.4, 0.5) is 9.59 Å². The van der Waals surface area contributed by atoms with E-state index in [1.165, 1.54) is 11.9 Å². The summed E-state index contributed by atoms with van der Waals surface area (Å²) >= 11 is 0. The summed E-state index contributed by atoms with van der Waals surface area (Å²) in [6.07, 6.45) is 5.45. The zero-order valence-electron chi connectivity index (χ0n) is 31.5. The van der Waals surface area contributed by atoms with Gasteiger partial charge in [-0.05, 0) is 76.8 Å². The number of benzene rings is 2. The summed E-state index contributed by atoms with van der Waals surface area (Å²) < 4.78 is 10.8. The quantitative estimate of drug-likeness (QED) is 0.271. The van der Waals surface area contributed by atoms with Crippen LogP contribution in [0.5, 0.6) is 0 Å². The highest BCUT2D eigenvalue weighted by molar-refractivity contribution is 5.91. The fraction of sp³-hybridized carbons (Fsp3) is 0.575. The number of rotatable bonds is 14. The van der Waals surface area contributed by atoms with Crippen molar-refractivity contribution in [3.05, 3.63) is 71.8 Å². The molecule has 2 aliphatic rings. The van der Waals surface area contributed by atoms with Gasteiger partial charge in [-0.1, -0.05) is 79.9 Å². The molecular weight excluding hydrogens is 662 g/mol. The van der Waals surface area contributed by atoms with E-state index in [0.717, 1.165) is 49.7 Å². The summed E-state index contributed by atoms with van der Waals surface area (Å²) in [5, 5.41) is 5.64. The number of ether oxygens (including phenoxy) is 2. The van der Waals surface area contributed by atoms with E-state index in [2.05, 4.69) is 10.6 Å². The summed E-state index contributed by atoms with van der Waals surface area (Å²) in [6.45, 7) is 7.98. The van der Waals surface area contributed by atoms with Crippen molar-refractivity contribution in [1.82, 2.24) is 25.3 Å². The summed E-state index contributed by atoms with van der Waals surface area (Å²) in [7, 11) is 1.52. The Kier molecular flexibility index (Phi) is 14.9. The van der Waals surface area contributed by atoms with Crippen molar-refractivity contribution >= 4 is 29.9 Å². The highest BCUT2D eigenvalue weighted by Gasteiger charge is 2.40. The van der Waals surface area contributed by atoms with Gasteiger partial charge in [-0.25, -0.2) is 9.59 Å². The van der Waals surface area contributed by atoms with Crippen molar-refractivity contribution < 1.29 is 33.4 Å². The molecule has 0 bridgehead atoms. The number of amides is 5. The van der Waals surface area contributed by atoms with Gasteiger partial charge in [-0.15, -0.1) is 0 Å². The van der Waals surface area contributed by atoms with Gasteiger partial charge in [0.15, 0.2) is 0 Å². The second kappa shape index (κ2) is 19.3. The number of nitrogens with zero attached hydrogens (tertiary/aromatic N) is 3.